The van der Waals surface area contributed by atoms with Crippen LogP contribution in [0.25, 0.3) is 0 Å². The van der Waals surface area contributed by atoms with Gasteiger partial charge in [-0.05, 0) is 37.5 Å². The number of nitrogens with one attached hydrogen (secondary N) is 1. The first kappa shape index (κ1) is 15.3. The molecule has 0 spiro atoms. The second-order valence-corrected chi connectivity index (χ2v) is 6.25. The molecular formula is C15H22BrN3O. The maximum Gasteiger partial charge on any atom is 0.224 e. The Kier molecular flexibility index (Phi) is 5.05. The third kappa shape index (κ3) is 3.33. The van der Waals surface area contributed by atoms with Crippen LogP contribution in [-0.2, 0) is 4.79 Å². The van der Waals surface area contributed by atoms with Gasteiger partial charge in [0, 0.05) is 36.3 Å². The second kappa shape index (κ2) is 6.59. The lowest BCUT2D eigenvalue weighted by Crippen LogP contribution is -2.42. The Labute approximate surface area is 128 Å². The summed E-state index contributed by atoms with van der Waals surface area (Å²) in [5, 5.41) is 2.75. The number of benzene rings is 1. The van der Waals surface area contributed by atoms with E-state index >= 15 is 0 Å². The van der Waals surface area contributed by atoms with Crippen LogP contribution in [0.15, 0.2) is 22.7 Å². The number of anilines is 1. The molecule has 0 bridgehead atoms. The first-order valence-corrected chi connectivity index (χ1v) is 7.83. The number of rotatable bonds is 3. The monoisotopic (exact) mass is 339 g/mol. The lowest BCUT2D eigenvalue weighted by molar-refractivity contribution is -0.124. The summed E-state index contributed by atoms with van der Waals surface area (Å²) in [6.45, 7) is 3.75. The first-order valence-electron chi connectivity index (χ1n) is 7.04. The van der Waals surface area contributed by atoms with Crippen LogP contribution in [0, 0.1) is 5.92 Å². The first-order chi connectivity index (χ1) is 9.52. The quantitative estimate of drug-likeness (QED) is 0.889. The summed E-state index contributed by atoms with van der Waals surface area (Å²) in [4.78, 5) is 14.1. The highest BCUT2D eigenvalue weighted by molar-refractivity contribution is 9.10. The van der Waals surface area contributed by atoms with Gasteiger partial charge in [-0.15, -0.1) is 0 Å². The number of nitrogens with two attached hydrogens (primary N) is 1. The zero-order valence-electron chi connectivity index (χ0n) is 12.0. The third-order valence-electron chi connectivity index (χ3n) is 3.88. The highest BCUT2D eigenvalue weighted by Gasteiger charge is 2.25. The molecule has 3 N–H and O–H groups in total. The molecule has 1 saturated heterocycles. The topological polar surface area (TPSA) is 58.4 Å². The van der Waals surface area contributed by atoms with Crippen LogP contribution in [0.2, 0.25) is 0 Å². The average Bonchev–Trinajstić information content (AvgIpc) is 2.46. The predicted octanol–water partition coefficient (Wildman–Crippen LogP) is 2.43. The van der Waals surface area contributed by atoms with Gasteiger partial charge in [-0.25, -0.2) is 0 Å². The van der Waals surface area contributed by atoms with Crippen LogP contribution in [0.1, 0.15) is 31.4 Å². The van der Waals surface area contributed by atoms with Gasteiger partial charge in [0.2, 0.25) is 5.91 Å². The van der Waals surface area contributed by atoms with Crippen molar-refractivity contribution in [1.29, 1.82) is 0 Å². The number of carbonyl (C=O) groups excluding carboxylic acids is 1. The zero-order valence-corrected chi connectivity index (χ0v) is 13.6. The Morgan fingerprint density at radius 2 is 2.30 bits per heavy atom. The van der Waals surface area contributed by atoms with E-state index in [1.54, 1.807) is 7.05 Å². The minimum atomic E-state index is 0.0124. The summed E-state index contributed by atoms with van der Waals surface area (Å²) < 4.78 is 1.03. The summed E-state index contributed by atoms with van der Waals surface area (Å²) in [5.74, 6) is 0.224. The Balaban J connectivity index is 2.15. The van der Waals surface area contributed by atoms with Crippen LogP contribution >= 0.6 is 15.9 Å². The van der Waals surface area contributed by atoms with Gasteiger partial charge in [-0.3, -0.25) is 4.79 Å². The summed E-state index contributed by atoms with van der Waals surface area (Å²) >= 11 is 3.59. The van der Waals surface area contributed by atoms with Gasteiger partial charge >= 0.3 is 0 Å². The van der Waals surface area contributed by atoms with E-state index in [9.17, 15) is 4.79 Å². The van der Waals surface area contributed by atoms with E-state index in [-0.39, 0.29) is 17.9 Å². The number of nitrogens with zero attached hydrogens (tertiary/aromatic N) is 1. The van der Waals surface area contributed by atoms with Crippen molar-refractivity contribution in [2.24, 2.45) is 11.7 Å². The molecule has 0 radical (unpaired) electrons. The fourth-order valence-corrected chi connectivity index (χ4v) is 3.44. The highest BCUT2D eigenvalue weighted by atomic mass is 79.9. The second-order valence-electron chi connectivity index (χ2n) is 5.39. The van der Waals surface area contributed by atoms with Crippen molar-refractivity contribution in [1.82, 2.24) is 5.32 Å². The van der Waals surface area contributed by atoms with Gasteiger partial charge < -0.3 is 16.0 Å². The number of hydrogen-bond donors (Lipinski definition) is 2. The van der Waals surface area contributed by atoms with E-state index < -0.39 is 0 Å². The third-order valence-corrected chi connectivity index (χ3v) is 4.57. The van der Waals surface area contributed by atoms with Gasteiger partial charge in [0.1, 0.15) is 0 Å². The van der Waals surface area contributed by atoms with Crippen LogP contribution in [0.5, 0.6) is 0 Å². The number of halogens is 1. The van der Waals surface area contributed by atoms with Gasteiger partial charge in [-0.2, -0.15) is 0 Å². The molecule has 1 aromatic carbocycles. The van der Waals surface area contributed by atoms with Crippen molar-refractivity contribution >= 4 is 27.5 Å². The SMILES string of the molecule is CNC(=O)C1CCCN(c2ccc(C(C)N)c(Br)c2)C1. The van der Waals surface area contributed by atoms with Crippen molar-refractivity contribution in [2.45, 2.75) is 25.8 Å². The van der Waals surface area contributed by atoms with Crippen molar-refractivity contribution in [3.8, 4) is 0 Å². The van der Waals surface area contributed by atoms with Gasteiger partial charge in [0.15, 0.2) is 0 Å². The highest BCUT2D eigenvalue weighted by Crippen LogP contribution is 2.30. The zero-order chi connectivity index (χ0) is 14.7. The maximum atomic E-state index is 11.8. The van der Waals surface area contributed by atoms with E-state index in [1.165, 1.54) is 0 Å². The van der Waals surface area contributed by atoms with Crippen molar-refractivity contribution in [2.75, 3.05) is 25.0 Å². The number of carbonyl (C=O) groups is 1. The summed E-state index contributed by atoms with van der Waals surface area (Å²) in [6, 6.07) is 6.27. The van der Waals surface area contributed by atoms with Crippen LogP contribution in [-0.4, -0.2) is 26.0 Å². The smallest absolute Gasteiger partial charge is 0.224 e. The molecule has 1 amide bonds. The molecule has 110 valence electrons. The molecule has 0 aliphatic carbocycles. The maximum absolute atomic E-state index is 11.8. The Hall–Kier alpha value is -1.07. The average molecular weight is 340 g/mol. The molecule has 1 aromatic rings. The van der Waals surface area contributed by atoms with Gasteiger partial charge in [0.05, 0.1) is 5.92 Å². The minimum absolute atomic E-state index is 0.0124. The fraction of sp³-hybridized carbons (Fsp3) is 0.533. The summed E-state index contributed by atoms with van der Waals surface area (Å²) in [5.41, 5.74) is 8.18. The molecular weight excluding hydrogens is 318 g/mol. The van der Waals surface area contributed by atoms with Crippen molar-refractivity contribution < 1.29 is 4.79 Å². The Morgan fingerprint density at radius 1 is 1.55 bits per heavy atom. The van der Waals surface area contributed by atoms with Gasteiger partial charge in [-0.1, -0.05) is 22.0 Å². The largest absolute Gasteiger partial charge is 0.371 e. The van der Waals surface area contributed by atoms with E-state index in [1.807, 2.05) is 6.92 Å². The molecule has 0 aromatic heterocycles. The molecule has 1 aliphatic rings. The lowest BCUT2D eigenvalue weighted by Gasteiger charge is -2.34. The number of piperidine rings is 1. The van der Waals surface area contributed by atoms with Crippen LogP contribution in [0.4, 0.5) is 5.69 Å². The molecule has 0 saturated carbocycles. The molecule has 1 heterocycles. The molecule has 2 rings (SSSR count). The summed E-state index contributed by atoms with van der Waals surface area (Å²) in [7, 11) is 1.70. The Bertz CT molecular complexity index is 490. The molecule has 4 nitrogen and oxygen atoms in total. The summed E-state index contributed by atoms with van der Waals surface area (Å²) in [6.07, 6.45) is 2.01. The van der Waals surface area contributed by atoms with Crippen LogP contribution in [0.3, 0.4) is 0 Å². The lowest BCUT2D eigenvalue weighted by atomic mass is 9.96. The van der Waals surface area contributed by atoms with E-state index in [0.29, 0.717) is 0 Å². The molecule has 5 heteroatoms. The minimum Gasteiger partial charge on any atom is -0.371 e. The molecule has 1 aliphatic heterocycles. The molecule has 2 atom stereocenters. The molecule has 2 unspecified atom stereocenters. The van der Waals surface area contributed by atoms with Crippen molar-refractivity contribution in [3.63, 3.8) is 0 Å². The van der Waals surface area contributed by atoms with Crippen LogP contribution < -0.4 is 16.0 Å². The fourth-order valence-electron chi connectivity index (χ4n) is 2.71. The molecule has 20 heavy (non-hydrogen) atoms. The van der Waals surface area contributed by atoms with E-state index in [0.717, 1.165) is 41.7 Å². The normalized spacial score (nSPS) is 20.6. The van der Waals surface area contributed by atoms with Crippen molar-refractivity contribution in [3.05, 3.63) is 28.2 Å². The van der Waals surface area contributed by atoms with E-state index in [4.69, 9.17) is 5.73 Å². The Morgan fingerprint density at radius 3 is 2.90 bits per heavy atom. The number of hydrogen-bond acceptors (Lipinski definition) is 3. The van der Waals surface area contributed by atoms with Gasteiger partial charge in [0.25, 0.3) is 0 Å². The predicted molar refractivity (Wildman–Crippen MR) is 85.7 cm³/mol. The van der Waals surface area contributed by atoms with E-state index in [2.05, 4.69) is 44.3 Å². The molecule has 1 fully saturated rings. The standard InChI is InChI=1S/C15H22BrN3O/c1-10(17)13-6-5-12(8-14(13)16)19-7-3-4-11(9-19)15(20)18-2/h5-6,8,10-11H,3-4,7,9,17H2,1-2H3,(H,18,20). The number of amides is 1.